The van der Waals surface area contributed by atoms with Gasteiger partial charge in [0.15, 0.2) is 5.82 Å². The number of hydrogen-bond acceptors (Lipinski definition) is 6. The van der Waals surface area contributed by atoms with E-state index in [0.717, 1.165) is 38.5 Å². The number of nitrogens with two attached hydrogens (primary N) is 1. The van der Waals surface area contributed by atoms with Crippen LogP contribution in [0.25, 0.3) is 0 Å². The Hall–Kier alpha value is -2.12. The van der Waals surface area contributed by atoms with Crippen LogP contribution in [0.2, 0.25) is 0 Å². The maximum atomic E-state index is 12.8. The summed E-state index contributed by atoms with van der Waals surface area (Å²) in [6, 6.07) is 0. The van der Waals surface area contributed by atoms with E-state index in [-0.39, 0.29) is 41.3 Å². The van der Waals surface area contributed by atoms with Gasteiger partial charge >= 0.3 is 6.09 Å². The van der Waals surface area contributed by atoms with Crippen molar-refractivity contribution in [2.45, 2.75) is 57.5 Å². The van der Waals surface area contributed by atoms with Gasteiger partial charge in [0.05, 0.1) is 11.3 Å². The van der Waals surface area contributed by atoms with E-state index >= 15 is 0 Å². The summed E-state index contributed by atoms with van der Waals surface area (Å²) in [5.41, 5.74) is 5.38. The lowest BCUT2D eigenvalue weighted by Gasteiger charge is -2.58. The van der Waals surface area contributed by atoms with Gasteiger partial charge in [-0.2, -0.15) is 4.98 Å². The first-order valence-corrected chi connectivity index (χ1v) is 9.99. The first-order valence-electron chi connectivity index (χ1n) is 9.99. The summed E-state index contributed by atoms with van der Waals surface area (Å²) in [7, 11) is 0. The molecule has 8 nitrogen and oxygen atoms in total. The van der Waals surface area contributed by atoms with Crippen molar-refractivity contribution in [3.8, 4) is 0 Å². The lowest BCUT2D eigenvalue weighted by atomic mass is 9.48. The monoisotopic (exact) mass is 374 g/mol. The molecule has 4 unspecified atom stereocenters. The second kappa shape index (κ2) is 5.94. The molecule has 0 radical (unpaired) electrons. The molecule has 5 aliphatic rings. The van der Waals surface area contributed by atoms with E-state index in [4.69, 9.17) is 15.0 Å². The van der Waals surface area contributed by atoms with Crippen LogP contribution >= 0.6 is 0 Å². The Morgan fingerprint density at radius 3 is 2.63 bits per heavy atom. The average molecular weight is 374 g/mol. The highest BCUT2D eigenvalue weighted by Gasteiger charge is 2.59. The number of ether oxygens (including phenoxy) is 1. The van der Waals surface area contributed by atoms with E-state index in [1.54, 1.807) is 11.8 Å². The molecule has 1 aliphatic heterocycles. The molecule has 6 atom stereocenters. The van der Waals surface area contributed by atoms with E-state index in [1.807, 2.05) is 0 Å². The highest BCUT2D eigenvalue weighted by Crippen LogP contribution is 2.60. The summed E-state index contributed by atoms with van der Waals surface area (Å²) in [6.45, 7) is 2.98. The number of primary amides is 1. The standard InChI is InChI=1S/C19H26N4O4/c1-10-21-16(27-22-10)12-2-3-23(9-12)18(25)26-15-13-4-11-5-14(15)8-19(6-11,7-13)17(20)24/h11-15H,2-9H2,1H3,(H2,20,24)/t11?,12?,13-,14+,15?,19?. The molecule has 27 heavy (non-hydrogen) atoms. The molecule has 2 amide bonds. The number of hydrogen-bond donors (Lipinski definition) is 1. The number of likely N-dealkylation sites (tertiary alicyclic amines) is 1. The molecule has 2 heterocycles. The summed E-state index contributed by atoms with van der Waals surface area (Å²) in [5, 5.41) is 3.84. The summed E-state index contributed by atoms with van der Waals surface area (Å²) in [5.74, 6) is 2.22. The van der Waals surface area contributed by atoms with Gasteiger partial charge in [0, 0.05) is 13.1 Å². The Bertz CT molecular complexity index is 762. The van der Waals surface area contributed by atoms with Gasteiger partial charge in [-0.3, -0.25) is 4.79 Å². The quantitative estimate of drug-likeness (QED) is 0.866. The third kappa shape index (κ3) is 2.72. The number of aryl methyl sites for hydroxylation is 1. The first kappa shape index (κ1) is 17.0. The third-order valence-corrected chi connectivity index (χ3v) is 7.29. The highest BCUT2D eigenvalue weighted by atomic mass is 16.6. The minimum Gasteiger partial charge on any atom is -0.446 e. The van der Waals surface area contributed by atoms with Crippen molar-refractivity contribution in [3.05, 3.63) is 11.7 Å². The van der Waals surface area contributed by atoms with Crippen molar-refractivity contribution in [2.75, 3.05) is 13.1 Å². The average Bonchev–Trinajstić information content (AvgIpc) is 3.26. The van der Waals surface area contributed by atoms with Crippen molar-refractivity contribution in [3.63, 3.8) is 0 Å². The number of amides is 2. The second-order valence-corrected chi connectivity index (χ2v) is 9.07. The molecule has 5 fully saturated rings. The second-order valence-electron chi connectivity index (χ2n) is 9.07. The zero-order valence-electron chi connectivity index (χ0n) is 15.6. The maximum Gasteiger partial charge on any atom is 0.410 e. The van der Waals surface area contributed by atoms with E-state index in [0.29, 0.717) is 30.7 Å². The van der Waals surface area contributed by atoms with Gasteiger partial charge in [-0.15, -0.1) is 0 Å². The molecule has 1 aromatic heterocycles. The van der Waals surface area contributed by atoms with Gasteiger partial charge in [-0.05, 0) is 63.2 Å². The Morgan fingerprint density at radius 1 is 1.26 bits per heavy atom. The van der Waals surface area contributed by atoms with Crippen molar-refractivity contribution in [2.24, 2.45) is 28.9 Å². The smallest absolute Gasteiger partial charge is 0.410 e. The van der Waals surface area contributed by atoms with Gasteiger partial charge in [-0.25, -0.2) is 4.79 Å². The van der Waals surface area contributed by atoms with E-state index < -0.39 is 0 Å². The molecule has 4 aliphatic carbocycles. The zero-order valence-corrected chi connectivity index (χ0v) is 15.6. The number of rotatable bonds is 3. The Balaban J connectivity index is 1.24. The first-order chi connectivity index (χ1) is 12.9. The minimum absolute atomic E-state index is 0.0776. The Labute approximate surface area is 157 Å². The van der Waals surface area contributed by atoms with Crippen molar-refractivity contribution in [1.29, 1.82) is 0 Å². The highest BCUT2D eigenvalue weighted by molar-refractivity contribution is 5.81. The Kier molecular flexibility index (Phi) is 3.74. The summed E-state index contributed by atoms with van der Waals surface area (Å²) >= 11 is 0. The van der Waals surface area contributed by atoms with E-state index in [9.17, 15) is 9.59 Å². The van der Waals surface area contributed by atoms with Crippen LogP contribution in [0.4, 0.5) is 4.79 Å². The number of nitrogens with zero attached hydrogens (tertiary/aromatic N) is 3. The summed E-state index contributed by atoms with van der Waals surface area (Å²) < 4.78 is 11.2. The summed E-state index contributed by atoms with van der Waals surface area (Å²) in [6.07, 6.45) is 5.05. The van der Waals surface area contributed by atoms with Gasteiger partial charge in [-0.1, -0.05) is 5.16 Å². The van der Waals surface area contributed by atoms with Crippen LogP contribution in [0.3, 0.4) is 0 Å². The number of aromatic nitrogens is 2. The maximum absolute atomic E-state index is 12.8. The summed E-state index contributed by atoms with van der Waals surface area (Å²) in [4.78, 5) is 30.9. The molecule has 6 rings (SSSR count). The van der Waals surface area contributed by atoms with Gasteiger partial charge in [0.25, 0.3) is 0 Å². The molecule has 1 saturated heterocycles. The molecular weight excluding hydrogens is 348 g/mol. The van der Waals surface area contributed by atoms with Gasteiger partial charge in [0.2, 0.25) is 11.8 Å². The number of carbonyl (C=O) groups is 2. The largest absolute Gasteiger partial charge is 0.446 e. The van der Waals surface area contributed by atoms with Crippen molar-refractivity contribution >= 4 is 12.0 Å². The van der Waals surface area contributed by atoms with Crippen LogP contribution < -0.4 is 5.73 Å². The fourth-order valence-electron chi connectivity index (χ4n) is 6.27. The fraction of sp³-hybridized carbons (Fsp3) is 0.789. The fourth-order valence-corrected chi connectivity index (χ4v) is 6.27. The van der Waals surface area contributed by atoms with Crippen LogP contribution in [0.15, 0.2) is 4.52 Å². The van der Waals surface area contributed by atoms with Gasteiger partial charge < -0.3 is 19.9 Å². The molecule has 2 N–H and O–H groups in total. The molecule has 0 spiro atoms. The lowest BCUT2D eigenvalue weighted by Crippen LogP contribution is -2.59. The van der Waals surface area contributed by atoms with E-state index in [1.165, 1.54) is 0 Å². The predicted molar refractivity (Wildman–Crippen MR) is 93.4 cm³/mol. The van der Waals surface area contributed by atoms with Crippen LogP contribution in [0.5, 0.6) is 0 Å². The van der Waals surface area contributed by atoms with Crippen LogP contribution in [-0.2, 0) is 9.53 Å². The van der Waals surface area contributed by atoms with Crippen LogP contribution in [0.1, 0.15) is 56.2 Å². The minimum atomic E-state index is -0.353. The molecule has 0 aromatic carbocycles. The van der Waals surface area contributed by atoms with Gasteiger partial charge in [0.1, 0.15) is 6.10 Å². The number of carbonyl (C=O) groups excluding carboxylic acids is 2. The topological polar surface area (TPSA) is 112 Å². The van der Waals surface area contributed by atoms with Crippen LogP contribution in [-0.4, -0.2) is 46.2 Å². The normalized spacial score (nSPS) is 39.7. The third-order valence-electron chi connectivity index (χ3n) is 7.29. The zero-order chi connectivity index (χ0) is 18.8. The molecule has 146 valence electrons. The predicted octanol–water partition coefficient (Wildman–Crippen LogP) is 1.98. The van der Waals surface area contributed by atoms with Crippen molar-refractivity contribution < 1.29 is 18.8 Å². The molecular formula is C19H26N4O4. The molecule has 4 saturated carbocycles. The Morgan fingerprint density at radius 2 is 2.00 bits per heavy atom. The SMILES string of the molecule is Cc1noc(C2CCN(C(=O)OC3[C@@H]4CC5C[C@H]3CC(C(N)=O)(C5)C4)C2)n1. The molecule has 4 bridgehead atoms. The van der Waals surface area contributed by atoms with E-state index in [2.05, 4.69) is 10.1 Å². The lowest BCUT2D eigenvalue weighted by molar-refractivity contribution is -0.161. The van der Waals surface area contributed by atoms with Crippen molar-refractivity contribution in [1.82, 2.24) is 15.0 Å². The molecule has 8 heteroatoms. The van der Waals surface area contributed by atoms with Crippen LogP contribution in [0, 0.1) is 30.1 Å². The molecule has 1 aromatic rings.